The Bertz CT molecular complexity index is 550. The van der Waals surface area contributed by atoms with Crippen LogP contribution in [-0.4, -0.2) is 54.5 Å². The standard InChI is InChI=1S/C22H37N3O/c1-6-24(7-2)15-12-18-8-10-19(11-9-18)23-20-13-16-25(17-14-20)21(26)22(3,4)5/h8-11,20,23H,6-7,12-17H2,1-5H3. The fraction of sp³-hybridized carbons (Fsp3) is 0.682. The van der Waals surface area contributed by atoms with Gasteiger partial charge in [-0.1, -0.05) is 46.8 Å². The summed E-state index contributed by atoms with van der Waals surface area (Å²) in [5.74, 6) is 0.272. The van der Waals surface area contributed by atoms with E-state index >= 15 is 0 Å². The molecule has 1 saturated heterocycles. The number of nitrogens with one attached hydrogen (secondary N) is 1. The minimum absolute atomic E-state index is 0.272. The lowest BCUT2D eigenvalue weighted by Crippen LogP contribution is -2.46. The number of amides is 1. The molecular formula is C22H37N3O. The molecule has 0 radical (unpaired) electrons. The van der Waals surface area contributed by atoms with Gasteiger partial charge in [0.1, 0.15) is 0 Å². The van der Waals surface area contributed by atoms with E-state index in [0.717, 1.165) is 52.0 Å². The number of rotatable bonds is 7. The van der Waals surface area contributed by atoms with E-state index in [1.807, 2.05) is 25.7 Å². The summed E-state index contributed by atoms with van der Waals surface area (Å²) < 4.78 is 0. The number of benzene rings is 1. The van der Waals surface area contributed by atoms with Crippen LogP contribution in [0.3, 0.4) is 0 Å². The zero-order valence-corrected chi connectivity index (χ0v) is 17.3. The summed E-state index contributed by atoms with van der Waals surface area (Å²) >= 11 is 0. The molecule has 0 saturated carbocycles. The number of nitrogens with zero attached hydrogens (tertiary/aromatic N) is 2. The number of piperidine rings is 1. The Hall–Kier alpha value is -1.55. The first-order valence-corrected chi connectivity index (χ1v) is 10.2. The van der Waals surface area contributed by atoms with Gasteiger partial charge in [-0.2, -0.15) is 0 Å². The van der Waals surface area contributed by atoms with Gasteiger partial charge in [0.25, 0.3) is 0 Å². The van der Waals surface area contributed by atoms with Crippen molar-refractivity contribution >= 4 is 11.6 Å². The highest BCUT2D eigenvalue weighted by molar-refractivity contribution is 5.81. The molecule has 0 aliphatic carbocycles. The molecule has 2 rings (SSSR count). The zero-order valence-electron chi connectivity index (χ0n) is 17.3. The minimum Gasteiger partial charge on any atom is -0.382 e. The third kappa shape index (κ3) is 6.01. The van der Waals surface area contributed by atoms with Crippen molar-refractivity contribution in [2.24, 2.45) is 5.41 Å². The maximum Gasteiger partial charge on any atom is 0.227 e. The van der Waals surface area contributed by atoms with Crippen molar-refractivity contribution < 1.29 is 4.79 Å². The van der Waals surface area contributed by atoms with Crippen molar-refractivity contribution in [1.29, 1.82) is 0 Å². The van der Waals surface area contributed by atoms with E-state index < -0.39 is 0 Å². The summed E-state index contributed by atoms with van der Waals surface area (Å²) in [6.45, 7) is 15.5. The summed E-state index contributed by atoms with van der Waals surface area (Å²) in [5.41, 5.74) is 2.31. The van der Waals surface area contributed by atoms with Crippen LogP contribution in [-0.2, 0) is 11.2 Å². The first kappa shape index (κ1) is 20.8. The smallest absolute Gasteiger partial charge is 0.227 e. The average Bonchev–Trinajstić information content (AvgIpc) is 2.63. The molecule has 26 heavy (non-hydrogen) atoms. The number of anilines is 1. The van der Waals surface area contributed by atoms with Crippen LogP contribution in [0.4, 0.5) is 5.69 Å². The Labute approximate surface area is 159 Å². The molecule has 0 aromatic heterocycles. The normalized spacial score (nSPS) is 16.2. The monoisotopic (exact) mass is 359 g/mol. The van der Waals surface area contributed by atoms with E-state index in [2.05, 4.69) is 48.3 Å². The number of likely N-dealkylation sites (N-methyl/N-ethyl adjacent to an activating group) is 1. The van der Waals surface area contributed by atoms with Gasteiger partial charge in [-0.05, 0) is 50.0 Å². The topological polar surface area (TPSA) is 35.6 Å². The lowest BCUT2D eigenvalue weighted by Gasteiger charge is -2.36. The first-order chi connectivity index (χ1) is 12.3. The van der Waals surface area contributed by atoms with Gasteiger partial charge >= 0.3 is 0 Å². The van der Waals surface area contributed by atoms with Crippen LogP contribution in [0.15, 0.2) is 24.3 Å². The summed E-state index contributed by atoms with van der Waals surface area (Å²) in [6.07, 6.45) is 3.15. The Balaban J connectivity index is 1.79. The number of likely N-dealkylation sites (tertiary alicyclic amines) is 1. The summed E-state index contributed by atoms with van der Waals surface area (Å²) in [4.78, 5) is 16.9. The fourth-order valence-electron chi connectivity index (χ4n) is 3.53. The van der Waals surface area contributed by atoms with Crippen LogP contribution in [0.2, 0.25) is 0 Å². The molecule has 1 fully saturated rings. The first-order valence-electron chi connectivity index (χ1n) is 10.2. The van der Waals surface area contributed by atoms with Gasteiger partial charge in [-0.15, -0.1) is 0 Å². The van der Waals surface area contributed by atoms with Crippen molar-refractivity contribution in [2.45, 2.75) is 59.9 Å². The number of carbonyl (C=O) groups excluding carboxylic acids is 1. The second kappa shape index (κ2) is 9.40. The number of hydrogen-bond acceptors (Lipinski definition) is 3. The van der Waals surface area contributed by atoms with Crippen molar-refractivity contribution in [3.63, 3.8) is 0 Å². The van der Waals surface area contributed by atoms with Gasteiger partial charge in [0.15, 0.2) is 0 Å². The fourth-order valence-corrected chi connectivity index (χ4v) is 3.53. The van der Waals surface area contributed by atoms with Gasteiger partial charge < -0.3 is 15.1 Å². The minimum atomic E-state index is -0.277. The maximum atomic E-state index is 12.4. The molecule has 1 amide bonds. The molecule has 4 nitrogen and oxygen atoms in total. The third-order valence-electron chi connectivity index (χ3n) is 5.36. The second-order valence-electron chi connectivity index (χ2n) is 8.43. The summed E-state index contributed by atoms with van der Waals surface area (Å²) in [5, 5.41) is 3.65. The molecule has 0 spiro atoms. The summed E-state index contributed by atoms with van der Waals surface area (Å²) in [7, 11) is 0. The number of carbonyl (C=O) groups is 1. The highest BCUT2D eigenvalue weighted by Crippen LogP contribution is 2.22. The van der Waals surface area contributed by atoms with Gasteiger partial charge in [0.05, 0.1) is 0 Å². The molecule has 1 aromatic carbocycles. The van der Waals surface area contributed by atoms with Crippen LogP contribution in [0.25, 0.3) is 0 Å². The van der Waals surface area contributed by atoms with Crippen LogP contribution < -0.4 is 5.32 Å². The molecule has 1 aliphatic heterocycles. The molecule has 0 bridgehead atoms. The van der Waals surface area contributed by atoms with Gasteiger partial charge in [-0.25, -0.2) is 0 Å². The zero-order chi connectivity index (χ0) is 19.2. The quantitative estimate of drug-likeness (QED) is 0.799. The van der Waals surface area contributed by atoms with Crippen molar-refractivity contribution in [3.8, 4) is 0 Å². The predicted octanol–water partition coefficient (Wildman–Crippen LogP) is 4.02. The average molecular weight is 360 g/mol. The van der Waals surface area contributed by atoms with Crippen LogP contribution in [0.1, 0.15) is 53.0 Å². The van der Waals surface area contributed by atoms with E-state index in [-0.39, 0.29) is 11.3 Å². The largest absolute Gasteiger partial charge is 0.382 e. The van der Waals surface area contributed by atoms with E-state index in [1.54, 1.807) is 0 Å². The number of hydrogen-bond donors (Lipinski definition) is 1. The molecule has 1 heterocycles. The molecule has 0 atom stereocenters. The third-order valence-corrected chi connectivity index (χ3v) is 5.36. The van der Waals surface area contributed by atoms with Crippen molar-refractivity contribution in [2.75, 3.05) is 38.0 Å². The highest BCUT2D eigenvalue weighted by atomic mass is 16.2. The van der Waals surface area contributed by atoms with Crippen LogP contribution in [0.5, 0.6) is 0 Å². The second-order valence-corrected chi connectivity index (χ2v) is 8.43. The van der Waals surface area contributed by atoms with E-state index in [9.17, 15) is 4.79 Å². The van der Waals surface area contributed by atoms with Crippen molar-refractivity contribution in [3.05, 3.63) is 29.8 Å². The van der Waals surface area contributed by atoms with Crippen molar-refractivity contribution in [1.82, 2.24) is 9.80 Å². The Kier molecular flexibility index (Phi) is 7.51. The molecule has 1 aliphatic rings. The molecule has 4 heteroatoms. The van der Waals surface area contributed by atoms with Crippen LogP contribution >= 0.6 is 0 Å². The van der Waals surface area contributed by atoms with Gasteiger partial charge in [0, 0.05) is 36.8 Å². The predicted molar refractivity (Wildman–Crippen MR) is 111 cm³/mol. The van der Waals surface area contributed by atoms with Crippen LogP contribution in [0, 0.1) is 5.41 Å². The Morgan fingerprint density at radius 3 is 2.19 bits per heavy atom. The Morgan fingerprint density at radius 2 is 1.69 bits per heavy atom. The van der Waals surface area contributed by atoms with E-state index in [4.69, 9.17) is 0 Å². The summed E-state index contributed by atoms with van der Waals surface area (Å²) in [6, 6.07) is 9.34. The molecule has 146 valence electrons. The maximum absolute atomic E-state index is 12.4. The SMILES string of the molecule is CCN(CC)CCc1ccc(NC2CCN(C(=O)C(C)(C)C)CC2)cc1. The van der Waals surface area contributed by atoms with E-state index in [1.165, 1.54) is 11.3 Å². The molecule has 1 N–H and O–H groups in total. The van der Waals surface area contributed by atoms with E-state index in [0.29, 0.717) is 6.04 Å². The highest BCUT2D eigenvalue weighted by Gasteiger charge is 2.30. The molecule has 1 aromatic rings. The molecular weight excluding hydrogens is 322 g/mol. The van der Waals surface area contributed by atoms with Gasteiger partial charge in [0.2, 0.25) is 5.91 Å². The lowest BCUT2D eigenvalue weighted by molar-refractivity contribution is -0.140. The molecule has 0 unspecified atom stereocenters. The van der Waals surface area contributed by atoms with Gasteiger partial charge in [-0.3, -0.25) is 4.79 Å². The Morgan fingerprint density at radius 1 is 1.12 bits per heavy atom. The lowest BCUT2D eigenvalue weighted by atomic mass is 9.93.